The molecule has 0 aliphatic rings. The number of hydrogen-bond donors (Lipinski definition) is 2. The molecule has 0 aliphatic carbocycles. The number of methoxy groups -OCH3 is 1. The number of hydrogen-bond acceptors (Lipinski definition) is 3. The molecule has 0 aliphatic heterocycles. The highest BCUT2D eigenvalue weighted by atomic mass is 35.5. The molecule has 0 aromatic heterocycles. The molecule has 5 nitrogen and oxygen atoms in total. The monoisotopic (exact) mass is 384 g/mol. The molecule has 2 rings (SSSR count). The fraction of sp³-hybridized carbons (Fsp3) is 0.176. The average molecular weight is 385 g/mol. The number of amides is 2. The van der Waals surface area contributed by atoms with E-state index in [0.717, 1.165) is 12.1 Å². The van der Waals surface area contributed by atoms with Crippen LogP contribution in [0.15, 0.2) is 36.4 Å². The third-order valence-corrected chi connectivity index (χ3v) is 3.95. The number of halogens is 3. The first kappa shape index (κ1) is 19.2. The Morgan fingerprint density at radius 3 is 2.52 bits per heavy atom. The summed E-state index contributed by atoms with van der Waals surface area (Å²) in [7, 11) is 1.47. The predicted molar refractivity (Wildman–Crippen MR) is 95.9 cm³/mol. The minimum absolute atomic E-state index is 0.0168. The van der Waals surface area contributed by atoms with E-state index in [1.165, 1.54) is 25.3 Å². The summed E-state index contributed by atoms with van der Waals surface area (Å²) in [5.74, 6) is -1.55. The lowest BCUT2D eigenvalue weighted by atomic mass is 10.1. The van der Waals surface area contributed by atoms with Gasteiger partial charge in [-0.2, -0.15) is 0 Å². The summed E-state index contributed by atoms with van der Waals surface area (Å²) in [5.41, 5.74) is 0.567. The van der Waals surface area contributed by atoms with Gasteiger partial charge in [-0.05, 0) is 36.4 Å². The van der Waals surface area contributed by atoms with Crippen LogP contribution in [0.2, 0.25) is 10.0 Å². The molecule has 0 spiro atoms. The first-order chi connectivity index (χ1) is 11.9. The Balaban J connectivity index is 2.21. The molecular weight excluding hydrogens is 370 g/mol. The van der Waals surface area contributed by atoms with Crippen LogP contribution in [0.1, 0.15) is 16.8 Å². The van der Waals surface area contributed by atoms with Crippen LogP contribution in [-0.4, -0.2) is 25.5 Å². The molecule has 0 unspecified atom stereocenters. The fourth-order valence-electron chi connectivity index (χ4n) is 1.99. The number of carbonyl (C=O) groups excluding carboxylic acids is 2. The predicted octanol–water partition coefficient (Wildman–Crippen LogP) is 4.36. The van der Waals surface area contributed by atoms with Gasteiger partial charge < -0.3 is 15.4 Å². The van der Waals surface area contributed by atoms with E-state index < -0.39 is 11.7 Å². The summed E-state index contributed by atoms with van der Waals surface area (Å²) in [6.07, 6.45) is 0.113. The zero-order valence-corrected chi connectivity index (χ0v) is 14.7. The van der Waals surface area contributed by atoms with Crippen LogP contribution in [-0.2, 0) is 9.53 Å². The van der Waals surface area contributed by atoms with Crippen molar-refractivity contribution in [1.82, 2.24) is 0 Å². The van der Waals surface area contributed by atoms with Crippen LogP contribution in [0.25, 0.3) is 0 Å². The van der Waals surface area contributed by atoms with Crippen LogP contribution in [0.3, 0.4) is 0 Å². The van der Waals surface area contributed by atoms with E-state index in [0.29, 0.717) is 10.7 Å². The average Bonchev–Trinajstić information content (AvgIpc) is 2.58. The third-order valence-electron chi connectivity index (χ3n) is 3.21. The summed E-state index contributed by atoms with van der Waals surface area (Å²) >= 11 is 11.7. The molecule has 2 N–H and O–H groups in total. The summed E-state index contributed by atoms with van der Waals surface area (Å²) in [5, 5.41) is 5.77. The smallest absolute Gasteiger partial charge is 0.257 e. The second-order valence-electron chi connectivity index (χ2n) is 5.06. The van der Waals surface area contributed by atoms with Gasteiger partial charge in [0.1, 0.15) is 5.82 Å². The molecule has 2 aromatic carbocycles. The van der Waals surface area contributed by atoms with Crippen molar-refractivity contribution in [1.29, 1.82) is 0 Å². The Labute approximate surface area is 154 Å². The van der Waals surface area contributed by atoms with Crippen molar-refractivity contribution in [3.63, 3.8) is 0 Å². The van der Waals surface area contributed by atoms with Crippen molar-refractivity contribution in [2.24, 2.45) is 0 Å². The first-order valence-corrected chi connectivity index (χ1v) is 8.01. The maximum absolute atomic E-state index is 13.6. The second kappa shape index (κ2) is 8.80. The first-order valence-electron chi connectivity index (χ1n) is 7.25. The van der Waals surface area contributed by atoms with Gasteiger partial charge in [-0.1, -0.05) is 23.2 Å². The highest BCUT2D eigenvalue weighted by molar-refractivity contribution is 6.42. The van der Waals surface area contributed by atoms with Crippen molar-refractivity contribution in [3.8, 4) is 0 Å². The molecule has 0 saturated heterocycles. The standard InChI is InChI=1S/C17H15Cl2FN2O3/c1-25-7-6-16(23)22-15-5-2-10(20)8-12(15)17(24)21-11-3-4-13(18)14(19)9-11/h2-5,8-9H,6-7H2,1H3,(H,21,24)(H,22,23). The van der Waals surface area contributed by atoms with E-state index in [1.54, 1.807) is 6.07 Å². The molecule has 0 fully saturated rings. The third kappa shape index (κ3) is 5.42. The molecule has 0 radical (unpaired) electrons. The van der Waals surface area contributed by atoms with Gasteiger partial charge in [-0.3, -0.25) is 9.59 Å². The number of anilines is 2. The Kier molecular flexibility index (Phi) is 6.75. The Hall–Kier alpha value is -2.15. The maximum atomic E-state index is 13.6. The summed E-state index contributed by atoms with van der Waals surface area (Å²) < 4.78 is 18.4. The minimum Gasteiger partial charge on any atom is -0.384 e. The van der Waals surface area contributed by atoms with E-state index in [2.05, 4.69) is 10.6 Å². The quantitative estimate of drug-likeness (QED) is 0.777. The van der Waals surface area contributed by atoms with Gasteiger partial charge in [0.05, 0.1) is 34.3 Å². The van der Waals surface area contributed by atoms with Crippen LogP contribution < -0.4 is 10.6 Å². The van der Waals surface area contributed by atoms with E-state index in [-0.39, 0.29) is 35.2 Å². The lowest BCUT2D eigenvalue weighted by molar-refractivity contribution is -0.117. The summed E-state index contributed by atoms with van der Waals surface area (Å²) in [6, 6.07) is 8.07. The van der Waals surface area contributed by atoms with E-state index in [1.807, 2.05) is 0 Å². The molecule has 132 valence electrons. The number of rotatable bonds is 6. The van der Waals surface area contributed by atoms with Crippen LogP contribution in [0.5, 0.6) is 0 Å². The Morgan fingerprint density at radius 2 is 1.84 bits per heavy atom. The number of nitrogens with one attached hydrogen (secondary N) is 2. The molecule has 8 heteroatoms. The van der Waals surface area contributed by atoms with Gasteiger partial charge in [0, 0.05) is 12.8 Å². The van der Waals surface area contributed by atoms with Gasteiger partial charge in [-0.15, -0.1) is 0 Å². The molecule has 0 heterocycles. The summed E-state index contributed by atoms with van der Waals surface area (Å²) in [6.45, 7) is 0.234. The molecule has 0 saturated carbocycles. The van der Waals surface area contributed by atoms with E-state index in [9.17, 15) is 14.0 Å². The zero-order valence-electron chi connectivity index (χ0n) is 13.2. The van der Waals surface area contributed by atoms with Gasteiger partial charge in [0.25, 0.3) is 5.91 Å². The lowest BCUT2D eigenvalue weighted by Gasteiger charge is -2.12. The largest absolute Gasteiger partial charge is 0.384 e. The van der Waals surface area contributed by atoms with Gasteiger partial charge in [-0.25, -0.2) is 4.39 Å². The molecule has 0 atom stereocenters. The topological polar surface area (TPSA) is 67.4 Å². The number of carbonyl (C=O) groups is 2. The Morgan fingerprint density at radius 1 is 1.08 bits per heavy atom. The van der Waals surface area contributed by atoms with Crippen molar-refractivity contribution < 1.29 is 18.7 Å². The van der Waals surface area contributed by atoms with Crippen LogP contribution in [0, 0.1) is 5.82 Å². The van der Waals surface area contributed by atoms with Gasteiger partial charge >= 0.3 is 0 Å². The van der Waals surface area contributed by atoms with Crippen molar-refractivity contribution in [2.75, 3.05) is 24.4 Å². The normalized spacial score (nSPS) is 10.4. The number of ether oxygens (including phenoxy) is 1. The molecule has 25 heavy (non-hydrogen) atoms. The van der Waals surface area contributed by atoms with Crippen LogP contribution >= 0.6 is 23.2 Å². The zero-order chi connectivity index (χ0) is 18.4. The highest BCUT2D eigenvalue weighted by Crippen LogP contribution is 2.26. The highest BCUT2D eigenvalue weighted by Gasteiger charge is 2.15. The van der Waals surface area contributed by atoms with Crippen molar-refractivity contribution in [2.45, 2.75) is 6.42 Å². The van der Waals surface area contributed by atoms with Crippen LogP contribution in [0.4, 0.5) is 15.8 Å². The lowest BCUT2D eigenvalue weighted by Crippen LogP contribution is -2.19. The van der Waals surface area contributed by atoms with Crippen molar-refractivity contribution >= 4 is 46.4 Å². The number of benzene rings is 2. The van der Waals surface area contributed by atoms with E-state index in [4.69, 9.17) is 27.9 Å². The summed E-state index contributed by atoms with van der Waals surface area (Å²) in [4.78, 5) is 24.3. The molecular formula is C17H15Cl2FN2O3. The van der Waals surface area contributed by atoms with Gasteiger partial charge in [0.15, 0.2) is 0 Å². The molecule has 2 aromatic rings. The van der Waals surface area contributed by atoms with Gasteiger partial charge in [0.2, 0.25) is 5.91 Å². The maximum Gasteiger partial charge on any atom is 0.257 e. The second-order valence-corrected chi connectivity index (χ2v) is 5.88. The Bertz CT molecular complexity index is 799. The minimum atomic E-state index is -0.603. The fourth-order valence-corrected chi connectivity index (χ4v) is 2.29. The van der Waals surface area contributed by atoms with Crippen molar-refractivity contribution in [3.05, 3.63) is 57.8 Å². The molecule has 0 bridgehead atoms. The molecule has 2 amide bonds. The van der Waals surface area contributed by atoms with E-state index >= 15 is 0 Å². The SMILES string of the molecule is COCCC(=O)Nc1ccc(F)cc1C(=O)Nc1ccc(Cl)c(Cl)c1.